The van der Waals surface area contributed by atoms with Crippen molar-refractivity contribution in [2.45, 2.75) is 20.3 Å². The van der Waals surface area contributed by atoms with Crippen LogP contribution in [0.4, 0.5) is 4.39 Å². The maximum absolute atomic E-state index is 12.9. The Balaban J connectivity index is 2.86. The topological polar surface area (TPSA) is 17.1 Å². The molecule has 0 amide bonds. The van der Waals surface area contributed by atoms with E-state index in [1.54, 1.807) is 6.07 Å². The molecule has 0 aliphatic rings. The van der Waals surface area contributed by atoms with Crippen molar-refractivity contribution >= 4 is 21.7 Å². The lowest BCUT2D eigenvalue weighted by Crippen LogP contribution is -2.10. The van der Waals surface area contributed by atoms with Crippen LogP contribution in [0.15, 0.2) is 22.7 Å². The second kappa shape index (κ2) is 4.69. The van der Waals surface area contributed by atoms with Gasteiger partial charge in [0.2, 0.25) is 0 Å². The van der Waals surface area contributed by atoms with Crippen molar-refractivity contribution in [3.63, 3.8) is 0 Å². The summed E-state index contributed by atoms with van der Waals surface area (Å²) in [5.41, 5.74) is 0.712. The first-order chi connectivity index (χ1) is 6.50. The van der Waals surface area contributed by atoms with E-state index in [0.29, 0.717) is 5.56 Å². The third-order valence-corrected chi connectivity index (χ3v) is 2.79. The van der Waals surface area contributed by atoms with Crippen LogP contribution in [0.25, 0.3) is 0 Å². The van der Waals surface area contributed by atoms with Gasteiger partial charge in [0.05, 0.1) is 0 Å². The molecule has 0 bridgehead atoms. The van der Waals surface area contributed by atoms with Gasteiger partial charge in [-0.3, -0.25) is 4.79 Å². The van der Waals surface area contributed by atoms with Crippen molar-refractivity contribution in [2.75, 3.05) is 0 Å². The molecule has 0 saturated heterocycles. The Hall–Kier alpha value is -0.700. The van der Waals surface area contributed by atoms with E-state index in [1.807, 2.05) is 13.8 Å². The molecule has 76 valence electrons. The van der Waals surface area contributed by atoms with Crippen LogP contribution in [-0.2, 0) is 11.2 Å². The van der Waals surface area contributed by atoms with Gasteiger partial charge in [-0.25, -0.2) is 4.39 Å². The monoisotopic (exact) mass is 258 g/mol. The quantitative estimate of drug-likeness (QED) is 0.813. The Kier molecular flexibility index (Phi) is 3.81. The number of Topliss-reactive ketones (excluding diaryl/α,β-unsaturated/α-hetero) is 1. The zero-order valence-electron chi connectivity index (χ0n) is 8.18. The summed E-state index contributed by atoms with van der Waals surface area (Å²) in [5, 5.41) is 0. The van der Waals surface area contributed by atoms with Gasteiger partial charge in [-0.2, -0.15) is 0 Å². The Morgan fingerprint density at radius 3 is 2.71 bits per heavy atom. The summed E-state index contributed by atoms with van der Waals surface area (Å²) in [5.74, 6) is -0.193. The van der Waals surface area contributed by atoms with Crippen molar-refractivity contribution in [3.05, 3.63) is 34.1 Å². The minimum absolute atomic E-state index is 0.00910. The molecule has 1 aromatic carbocycles. The lowest BCUT2D eigenvalue weighted by Gasteiger charge is -2.06. The van der Waals surface area contributed by atoms with Crippen LogP contribution in [0, 0.1) is 11.7 Å². The molecule has 0 aliphatic carbocycles. The van der Waals surface area contributed by atoms with Crippen LogP contribution in [0.3, 0.4) is 0 Å². The van der Waals surface area contributed by atoms with Crippen LogP contribution in [0.1, 0.15) is 19.4 Å². The molecule has 0 aromatic heterocycles. The number of halogens is 2. The Morgan fingerprint density at radius 2 is 2.14 bits per heavy atom. The van der Waals surface area contributed by atoms with Crippen LogP contribution < -0.4 is 0 Å². The third-order valence-electron chi connectivity index (χ3n) is 2.02. The van der Waals surface area contributed by atoms with Gasteiger partial charge >= 0.3 is 0 Å². The maximum Gasteiger partial charge on any atom is 0.139 e. The number of hydrogen-bond acceptors (Lipinski definition) is 1. The molecule has 0 radical (unpaired) electrons. The Bertz CT molecular complexity index is 347. The minimum atomic E-state index is -0.306. The van der Waals surface area contributed by atoms with Gasteiger partial charge in [-0.1, -0.05) is 29.8 Å². The van der Waals surface area contributed by atoms with Crippen molar-refractivity contribution in [1.82, 2.24) is 0 Å². The van der Waals surface area contributed by atoms with Crippen LogP contribution in [0.5, 0.6) is 0 Å². The summed E-state index contributed by atoms with van der Waals surface area (Å²) in [6.45, 7) is 3.69. The lowest BCUT2D eigenvalue weighted by molar-refractivity contribution is -0.121. The summed E-state index contributed by atoms with van der Waals surface area (Å²) in [7, 11) is 0. The molecule has 3 heteroatoms. The molecule has 1 aromatic rings. The van der Waals surface area contributed by atoms with E-state index >= 15 is 0 Å². The molecule has 0 heterocycles. The molecule has 0 atom stereocenters. The first-order valence-corrected chi connectivity index (χ1v) is 5.26. The van der Waals surface area contributed by atoms with Crippen molar-refractivity contribution < 1.29 is 9.18 Å². The van der Waals surface area contributed by atoms with E-state index in [1.165, 1.54) is 12.1 Å². The molecular formula is C11H12BrFO. The van der Waals surface area contributed by atoms with E-state index in [0.717, 1.165) is 4.47 Å². The molecule has 0 aliphatic heterocycles. The zero-order chi connectivity index (χ0) is 10.7. The average Bonchev–Trinajstić information content (AvgIpc) is 2.11. The highest BCUT2D eigenvalue weighted by molar-refractivity contribution is 9.10. The highest BCUT2D eigenvalue weighted by Crippen LogP contribution is 2.19. The van der Waals surface area contributed by atoms with Gasteiger partial charge in [0, 0.05) is 16.8 Å². The first-order valence-electron chi connectivity index (χ1n) is 4.47. The molecule has 1 nitrogen and oxygen atoms in total. The first kappa shape index (κ1) is 11.4. The van der Waals surface area contributed by atoms with Gasteiger partial charge in [0.15, 0.2) is 0 Å². The second-order valence-corrected chi connectivity index (χ2v) is 4.39. The van der Waals surface area contributed by atoms with E-state index < -0.39 is 0 Å². The molecule has 14 heavy (non-hydrogen) atoms. The van der Waals surface area contributed by atoms with E-state index in [9.17, 15) is 9.18 Å². The number of hydrogen-bond donors (Lipinski definition) is 0. The predicted octanol–water partition coefficient (Wildman–Crippen LogP) is 3.36. The van der Waals surface area contributed by atoms with Gasteiger partial charge in [-0.15, -0.1) is 0 Å². The van der Waals surface area contributed by atoms with E-state index in [-0.39, 0.29) is 23.9 Å². The Labute approximate surface area is 91.5 Å². The fraction of sp³-hybridized carbons (Fsp3) is 0.364. The zero-order valence-corrected chi connectivity index (χ0v) is 9.77. The number of benzene rings is 1. The highest BCUT2D eigenvalue weighted by atomic mass is 79.9. The average molecular weight is 259 g/mol. The standard InChI is InChI=1S/C11H12BrFO/c1-7(2)11(14)6-8-5-9(13)3-4-10(8)12/h3-5,7H,6H2,1-2H3. The maximum atomic E-state index is 12.9. The van der Waals surface area contributed by atoms with Crippen LogP contribution in [-0.4, -0.2) is 5.78 Å². The number of carbonyl (C=O) groups is 1. The summed E-state index contributed by atoms with van der Waals surface area (Å²) in [4.78, 5) is 11.4. The highest BCUT2D eigenvalue weighted by Gasteiger charge is 2.10. The van der Waals surface area contributed by atoms with Crippen LogP contribution >= 0.6 is 15.9 Å². The number of carbonyl (C=O) groups excluding carboxylic acids is 1. The second-order valence-electron chi connectivity index (χ2n) is 3.53. The normalized spacial score (nSPS) is 10.6. The van der Waals surface area contributed by atoms with Crippen molar-refractivity contribution in [1.29, 1.82) is 0 Å². The fourth-order valence-corrected chi connectivity index (χ4v) is 1.46. The van der Waals surface area contributed by atoms with Gasteiger partial charge in [0.1, 0.15) is 11.6 Å². The molecular weight excluding hydrogens is 247 g/mol. The fourth-order valence-electron chi connectivity index (χ4n) is 1.07. The summed E-state index contributed by atoms with van der Waals surface area (Å²) in [6, 6.07) is 4.38. The largest absolute Gasteiger partial charge is 0.299 e. The van der Waals surface area contributed by atoms with Crippen LogP contribution in [0.2, 0.25) is 0 Å². The summed E-state index contributed by atoms with van der Waals surface area (Å²) in [6.07, 6.45) is 0.288. The van der Waals surface area contributed by atoms with Crippen molar-refractivity contribution in [3.8, 4) is 0 Å². The number of rotatable bonds is 3. The Morgan fingerprint density at radius 1 is 1.50 bits per heavy atom. The molecule has 0 unspecified atom stereocenters. The summed E-state index contributed by atoms with van der Waals surface area (Å²) >= 11 is 3.29. The molecule has 0 saturated carbocycles. The summed E-state index contributed by atoms with van der Waals surface area (Å²) < 4.78 is 13.7. The molecule has 0 fully saturated rings. The van der Waals surface area contributed by atoms with Crippen molar-refractivity contribution in [2.24, 2.45) is 5.92 Å². The smallest absolute Gasteiger partial charge is 0.139 e. The molecule has 0 N–H and O–H groups in total. The van der Waals surface area contributed by atoms with Gasteiger partial charge in [-0.05, 0) is 23.8 Å². The SMILES string of the molecule is CC(C)C(=O)Cc1cc(F)ccc1Br. The lowest BCUT2D eigenvalue weighted by atomic mass is 10.0. The van der Waals surface area contributed by atoms with Gasteiger partial charge < -0.3 is 0 Å². The molecule has 0 spiro atoms. The minimum Gasteiger partial charge on any atom is -0.299 e. The van der Waals surface area contributed by atoms with Gasteiger partial charge in [0.25, 0.3) is 0 Å². The third kappa shape index (κ3) is 2.91. The number of ketones is 1. The molecule has 1 rings (SSSR count). The van der Waals surface area contributed by atoms with E-state index in [2.05, 4.69) is 15.9 Å². The predicted molar refractivity (Wildman–Crippen MR) is 57.6 cm³/mol. The van der Waals surface area contributed by atoms with E-state index in [4.69, 9.17) is 0 Å².